The number of nitro groups is 1. The lowest BCUT2D eigenvalue weighted by Crippen LogP contribution is -2.35. The van der Waals surface area contributed by atoms with E-state index in [9.17, 15) is 68.7 Å². The summed E-state index contributed by atoms with van der Waals surface area (Å²) in [7, 11) is -6.85. The zero-order valence-corrected chi connectivity index (χ0v) is 37.9. The Morgan fingerprint density at radius 3 is 2.08 bits per heavy atom. The molecule has 0 aliphatic rings. The van der Waals surface area contributed by atoms with Crippen molar-refractivity contribution in [2.45, 2.75) is 37.0 Å². The van der Waals surface area contributed by atoms with E-state index in [1.54, 1.807) is 4.72 Å². The number of carboxylic acids is 2. The Balaban J connectivity index is 0.000000517. The van der Waals surface area contributed by atoms with E-state index in [2.05, 4.69) is 39.0 Å². The molecule has 2 amide bonds. The van der Waals surface area contributed by atoms with Gasteiger partial charge in [0.05, 0.1) is 59.1 Å². The molecular weight excluding hydrogens is 987 g/mol. The van der Waals surface area contributed by atoms with Gasteiger partial charge in [0.25, 0.3) is 15.7 Å². The number of amides is 2. The number of sulfonamides is 1. The fourth-order valence-electron chi connectivity index (χ4n) is 4.26. The van der Waals surface area contributed by atoms with Crippen LogP contribution in [-0.4, -0.2) is 106 Å². The first-order chi connectivity index (χ1) is 30.2. The Hall–Kier alpha value is -5.84. The number of carbonyl (C=O) groups excluding carboxylic acids is 1. The van der Waals surface area contributed by atoms with Crippen LogP contribution in [0.25, 0.3) is 0 Å². The van der Waals surface area contributed by atoms with Crippen LogP contribution in [0.1, 0.15) is 33.7 Å². The van der Waals surface area contributed by atoms with Crippen molar-refractivity contribution >= 4 is 69.7 Å². The molecule has 0 bridgehead atoms. The molecule has 0 saturated heterocycles. The Bertz CT molecular complexity index is 2480. The van der Waals surface area contributed by atoms with Gasteiger partial charge in [-0.15, -0.1) is 0 Å². The SMILES string of the molecule is COc1nc(C)nc(NC(=O)NS(=O)(=O)c2ccccc2CCC(F)(F)F)n1.C[S+](C)C.O=C(O)CNCP(=O)([O-])O.O=C(O)c1cc(Oc2ccc(C(F)(F)F)cc2Cl)ccc1[N+](=O)[O-]. The van der Waals surface area contributed by atoms with Gasteiger partial charge in [-0.05, 0) is 60.1 Å². The molecule has 3 aromatic carbocycles. The summed E-state index contributed by atoms with van der Waals surface area (Å²) in [5, 5.41) is 31.5. The molecule has 1 unspecified atom stereocenters. The number of aromatic carboxylic acids is 1. The van der Waals surface area contributed by atoms with Gasteiger partial charge in [0.15, 0.2) is 0 Å². The van der Waals surface area contributed by atoms with Gasteiger partial charge in [-0.2, -0.15) is 41.3 Å². The number of urea groups is 1. The van der Waals surface area contributed by atoms with Crippen molar-refractivity contribution in [2.24, 2.45) is 0 Å². The highest BCUT2D eigenvalue weighted by Crippen LogP contribution is 2.37. The van der Waals surface area contributed by atoms with Crippen molar-refractivity contribution in [1.82, 2.24) is 25.0 Å². The molecule has 4 rings (SSSR count). The van der Waals surface area contributed by atoms with E-state index in [1.807, 2.05) is 5.32 Å². The minimum absolute atomic E-state index is 0.0715. The number of rotatable bonds is 14. The number of anilines is 1. The molecule has 1 heterocycles. The van der Waals surface area contributed by atoms with E-state index >= 15 is 0 Å². The lowest BCUT2D eigenvalue weighted by Gasteiger charge is -2.14. The third-order valence-electron chi connectivity index (χ3n) is 6.77. The number of halogens is 7. The number of hydrogen-bond donors (Lipinski definition) is 6. The predicted octanol–water partition coefficient (Wildman–Crippen LogP) is 5.61. The minimum Gasteiger partial charge on any atom is -0.778 e. The van der Waals surface area contributed by atoms with Gasteiger partial charge in [0.1, 0.15) is 30.5 Å². The minimum atomic E-state index is -4.58. The zero-order valence-electron chi connectivity index (χ0n) is 34.6. The second-order valence-electron chi connectivity index (χ2n) is 12.8. The standard InChI is InChI=1S/C15H16F3N5O4S.C14H7ClF3NO5.C3H8NO5P.C3H9S/c1-9-19-12(22-14(20-9)27-2)21-13(24)23-28(25,26)11-6-4-3-5-10(11)7-8-15(16,17)18;15-10-5-7(14(16,17)18)1-4-12(10)24-8-2-3-11(19(22)23)9(6-8)13(20)21;5-3(6)1-4-2-10(7,8)9;1-4(2)3/h3-6H,7-8H2,1-2H3,(H2,19,20,21,22,23,24);1-6H,(H,20,21);4H,1-2H2,(H,5,6)(H2,7,8,9);1-3H3/q;;;+1/p-1. The number of carbonyl (C=O) groups is 3. The number of nitrogens with zero attached hydrogens (tertiary/aromatic N) is 4. The highest BCUT2D eigenvalue weighted by Gasteiger charge is 2.32. The monoisotopic (exact) mass is 1030 g/mol. The van der Waals surface area contributed by atoms with Crippen LogP contribution in [-0.2, 0) is 42.9 Å². The molecule has 0 spiro atoms. The normalized spacial score (nSPS) is 12.0. The highest BCUT2D eigenvalue weighted by molar-refractivity contribution is 7.94. The number of carboxylic acid groups (broad SMARTS) is 2. The van der Waals surface area contributed by atoms with Crippen LogP contribution < -0.4 is 29.7 Å². The summed E-state index contributed by atoms with van der Waals surface area (Å²) in [5.74, 6) is -3.06. The fourth-order valence-corrected chi connectivity index (χ4v) is 6.05. The van der Waals surface area contributed by atoms with Crippen LogP contribution in [0.2, 0.25) is 5.02 Å². The topological polar surface area (TPSA) is 323 Å². The van der Waals surface area contributed by atoms with Gasteiger partial charge in [-0.25, -0.2) is 22.7 Å². The van der Waals surface area contributed by atoms with Crippen LogP contribution in [0.5, 0.6) is 17.5 Å². The van der Waals surface area contributed by atoms with E-state index < -0.39 is 100 Å². The second-order valence-corrected chi connectivity index (χ2v) is 18.9. The lowest BCUT2D eigenvalue weighted by atomic mass is 10.1. The summed E-state index contributed by atoms with van der Waals surface area (Å²) in [6, 6.07) is 9.08. The van der Waals surface area contributed by atoms with E-state index in [0.717, 1.165) is 36.4 Å². The molecule has 1 aromatic heterocycles. The molecule has 0 saturated carbocycles. The Kier molecular flexibility index (Phi) is 22.7. The van der Waals surface area contributed by atoms with Crippen molar-refractivity contribution in [3.8, 4) is 17.5 Å². The van der Waals surface area contributed by atoms with Gasteiger partial charge in [-0.3, -0.25) is 25.5 Å². The van der Waals surface area contributed by atoms with Gasteiger partial charge in [-0.1, -0.05) is 29.8 Å². The molecule has 0 radical (unpaired) electrons. The largest absolute Gasteiger partial charge is 0.778 e. The molecule has 31 heteroatoms. The molecule has 66 heavy (non-hydrogen) atoms. The smallest absolute Gasteiger partial charge is 0.416 e. The van der Waals surface area contributed by atoms with Crippen LogP contribution in [0.4, 0.5) is 42.8 Å². The molecule has 0 fully saturated rings. The quantitative estimate of drug-likeness (QED) is 0.0294. The average Bonchev–Trinajstić information content (AvgIpc) is 3.16. The number of nitrogens with one attached hydrogen (secondary N) is 3. The Labute approximate surface area is 378 Å². The van der Waals surface area contributed by atoms with Crippen molar-refractivity contribution in [3.63, 3.8) is 0 Å². The number of aryl methyl sites for hydroxylation is 2. The average molecular weight is 1030 g/mol. The summed E-state index contributed by atoms with van der Waals surface area (Å²) in [5.41, 5.74) is -2.32. The number of alkyl halides is 6. The predicted molar refractivity (Wildman–Crippen MR) is 223 cm³/mol. The Morgan fingerprint density at radius 2 is 1.58 bits per heavy atom. The number of hydrogen-bond acceptors (Lipinski definition) is 15. The van der Waals surface area contributed by atoms with Crippen molar-refractivity contribution < 1.29 is 88.1 Å². The van der Waals surface area contributed by atoms with Crippen molar-refractivity contribution in [1.29, 1.82) is 0 Å². The number of methoxy groups -OCH3 is 1. The van der Waals surface area contributed by atoms with E-state index in [4.69, 9.17) is 36.2 Å². The number of aliphatic carboxylic acids is 1. The summed E-state index contributed by atoms with van der Waals surface area (Å²) < 4.78 is 122. The lowest BCUT2D eigenvalue weighted by molar-refractivity contribution is -0.385. The highest BCUT2D eigenvalue weighted by atomic mass is 35.5. The van der Waals surface area contributed by atoms with Gasteiger partial charge in [0, 0.05) is 18.6 Å². The van der Waals surface area contributed by atoms with E-state index in [1.165, 1.54) is 32.2 Å². The molecule has 1 atom stereocenters. The summed E-state index contributed by atoms with van der Waals surface area (Å²) in [4.78, 5) is 71.6. The molecule has 364 valence electrons. The van der Waals surface area contributed by atoms with E-state index in [-0.39, 0.29) is 39.9 Å². The van der Waals surface area contributed by atoms with Crippen LogP contribution in [0, 0.1) is 17.0 Å². The van der Waals surface area contributed by atoms with Crippen LogP contribution >= 0.6 is 19.2 Å². The van der Waals surface area contributed by atoms with E-state index in [0.29, 0.717) is 17.0 Å². The van der Waals surface area contributed by atoms with Gasteiger partial charge >= 0.3 is 36.3 Å². The Morgan fingerprint density at radius 1 is 0.970 bits per heavy atom. The molecule has 21 nitrogen and oxygen atoms in total. The first-order valence-corrected chi connectivity index (χ1v) is 23.6. The van der Waals surface area contributed by atoms with Crippen molar-refractivity contribution in [2.75, 3.05) is 44.0 Å². The van der Waals surface area contributed by atoms with Gasteiger partial charge < -0.3 is 34.0 Å². The van der Waals surface area contributed by atoms with Crippen LogP contribution in [0.15, 0.2) is 65.6 Å². The summed E-state index contributed by atoms with van der Waals surface area (Å²) in [6.07, 6.45) is -4.90. The maximum atomic E-state index is 12.6. The van der Waals surface area contributed by atoms with Crippen LogP contribution in [0.3, 0.4) is 0 Å². The second kappa shape index (κ2) is 25.7. The first-order valence-electron chi connectivity index (χ1n) is 17.5. The molecule has 0 aliphatic carbocycles. The van der Waals surface area contributed by atoms with Gasteiger partial charge in [0.2, 0.25) is 5.95 Å². The third-order valence-corrected chi connectivity index (χ3v) is 9.12. The zero-order chi connectivity index (χ0) is 50.8. The number of nitro benzene ring substituents is 1. The number of benzene rings is 3. The summed E-state index contributed by atoms with van der Waals surface area (Å²) in [6.45, 7) is 1.02. The molecular formula is C35H39ClF6N7O14PS2. The maximum absolute atomic E-state index is 12.6. The molecule has 0 aliphatic heterocycles. The number of ether oxygens (including phenoxy) is 2. The molecule has 6 N–H and O–H groups in total. The maximum Gasteiger partial charge on any atom is 0.416 e. The number of aromatic nitrogens is 3. The third kappa shape index (κ3) is 22.9. The molecule has 4 aromatic rings. The van der Waals surface area contributed by atoms with Crippen molar-refractivity contribution in [3.05, 3.63) is 98.3 Å². The first kappa shape index (κ1) is 58.2. The summed E-state index contributed by atoms with van der Waals surface area (Å²) >= 11 is 5.72. The fraction of sp³-hybridized carbons (Fsp3) is 0.314.